The molecule has 0 saturated heterocycles. The van der Waals surface area contributed by atoms with E-state index in [0.717, 1.165) is 44.6 Å². The molecule has 1 aliphatic rings. The van der Waals surface area contributed by atoms with E-state index in [9.17, 15) is 0 Å². The largest absolute Gasteiger partial charge is 0.476 e. The SMILES string of the molecule is [Ir].[c-]1ccc2oc3ccc4cccc5c4c3c2c1-c1ncccc1-5.[c-]1ccccc1-c1ccccn1. The third-order valence-electron chi connectivity index (χ3n) is 6.42. The van der Waals surface area contributed by atoms with E-state index in [4.69, 9.17) is 4.42 Å². The Morgan fingerprint density at radius 1 is 0.583 bits per heavy atom. The van der Waals surface area contributed by atoms with Crippen molar-refractivity contribution in [3.05, 3.63) is 122 Å². The molecule has 1 aliphatic carbocycles. The van der Waals surface area contributed by atoms with Gasteiger partial charge in [0.2, 0.25) is 0 Å². The van der Waals surface area contributed by atoms with Crippen LogP contribution in [-0.2, 0) is 20.1 Å². The molecule has 173 valence electrons. The smallest absolute Gasteiger partial charge is 0.124 e. The van der Waals surface area contributed by atoms with Gasteiger partial charge < -0.3 is 14.4 Å². The van der Waals surface area contributed by atoms with E-state index >= 15 is 0 Å². The third-order valence-corrected chi connectivity index (χ3v) is 6.42. The van der Waals surface area contributed by atoms with Crippen LogP contribution in [-0.4, -0.2) is 9.97 Å². The van der Waals surface area contributed by atoms with Crippen molar-refractivity contribution in [2.75, 3.05) is 0 Å². The molecule has 0 N–H and O–H groups in total. The minimum absolute atomic E-state index is 0. The molecular weight excluding hydrogens is 621 g/mol. The molecule has 3 aromatic heterocycles. The summed E-state index contributed by atoms with van der Waals surface area (Å²) in [5, 5.41) is 4.77. The van der Waals surface area contributed by atoms with Crippen molar-refractivity contribution in [1.82, 2.24) is 9.97 Å². The van der Waals surface area contributed by atoms with Gasteiger partial charge >= 0.3 is 0 Å². The number of hydrogen-bond acceptors (Lipinski definition) is 3. The third kappa shape index (κ3) is 3.54. The fourth-order valence-corrected chi connectivity index (χ4v) is 4.93. The van der Waals surface area contributed by atoms with Gasteiger partial charge in [-0.3, -0.25) is 0 Å². The van der Waals surface area contributed by atoms with Gasteiger partial charge in [-0.05, 0) is 56.9 Å². The zero-order valence-corrected chi connectivity index (χ0v) is 21.4. The Hall–Kier alpha value is -4.11. The first-order valence-electron chi connectivity index (χ1n) is 11.5. The Morgan fingerprint density at radius 3 is 2.31 bits per heavy atom. The maximum absolute atomic E-state index is 6.10. The Morgan fingerprint density at radius 2 is 1.44 bits per heavy atom. The molecule has 0 spiro atoms. The molecule has 0 aliphatic heterocycles. The van der Waals surface area contributed by atoms with Crippen molar-refractivity contribution >= 4 is 32.7 Å². The minimum atomic E-state index is 0. The van der Waals surface area contributed by atoms with E-state index in [1.54, 1.807) is 6.20 Å². The summed E-state index contributed by atoms with van der Waals surface area (Å²) < 4.78 is 6.10. The summed E-state index contributed by atoms with van der Waals surface area (Å²) in [6, 6.07) is 38.9. The van der Waals surface area contributed by atoms with E-state index in [2.05, 4.69) is 58.5 Å². The van der Waals surface area contributed by atoms with Crippen LogP contribution in [0.25, 0.3) is 66.4 Å². The Labute approximate surface area is 221 Å². The van der Waals surface area contributed by atoms with Gasteiger partial charge in [0.25, 0.3) is 0 Å². The first kappa shape index (κ1) is 22.4. The molecule has 0 saturated carbocycles. The molecule has 1 radical (unpaired) electrons. The average Bonchev–Trinajstić information content (AvgIpc) is 3.27. The van der Waals surface area contributed by atoms with Crippen LogP contribution in [0, 0.1) is 12.1 Å². The monoisotopic (exact) mass is 639 g/mol. The van der Waals surface area contributed by atoms with E-state index in [1.807, 2.05) is 66.9 Å². The van der Waals surface area contributed by atoms with Crippen LogP contribution >= 0.6 is 0 Å². The fraction of sp³-hybridized carbons (Fsp3) is 0. The summed E-state index contributed by atoms with van der Waals surface area (Å²) in [6.07, 6.45) is 3.63. The van der Waals surface area contributed by atoms with Gasteiger partial charge in [-0.15, -0.1) is 53.6 Å². The number of fused-ring (bicyclic) bond motifs is 3. The second kappa shape index (κ2) is 9.16. The van der Waals surface area contributed by atoms with E-state index in [0.29, 0.717) is 0 Å². The fourth-order valence-electron chi connectivity index (χ4n) is 4.93. The van der Waals surface area contributed by atoms with E-state index < -0.39 is 0 Å². The van der Waals surface area contributed by atoms with Crippen molar-refractivity contribution in [2.45, 2.75) is 0 Å². The molecule has 7 aromatic rings. The Bertz CT molecular complexity index is 1780. The standard InChI is InChI=1S/C21H10NO.C11H8N.Ir/c1-4-12-9-10-17-20-18(12)13(5-1)14-7-3-11-22-21(14)15-6-2-8-16(23-17)19(15)20;1-2-6-10(7-3-1)11-8-4-5-9-12-11;/h1-5,7-11H;1-6,8-9H;/q2*-1;. The molecule has 36 heavy (non-hydrogen) atoms. The normalized spacial score (nSPS) is 11.1. The van der Waals surface area contributed by atoms with Crippen LogP contribution in [0.5, 0.6) is 0 Å². The maximum Gasteiger partial charge on any atom is 0.124 e. The molecular formula is C32H18IrN2O-2. The summed E-state index contributed by atoms with van der Waals surface area (Å²) in [7, 11) is 0. The number of pyridine rings is 2. The number of aromatic nitrogens is 2. The Balaban J connectivity index is 0.000000158. The first-order chi connectivity index (χ1) is 17.4. The zero-order chi connectivity index (χ0) is 23.2. The molecule has 0 fully saturated rings. The zero-order valence-electron chi connectivity index (χ0n) is 19.0. The molecule has 4 aromatic carbocycles. The van der Waals surface area contributed by atoms with Crippen LogP contribution in [0.3, 0.4) is 0 Å². The number of furan rings is 1. The van der Waals surface area contributed by atoms with Gasteiger partial charge in [0.15, 0.2) is 0 Å². The average molecular weight is 639 g/mol. The maximum atomic E-state index is 6.10. The van der Waals surface area contributed by atoms with Crippen LogP contribution in [0.2, 0.25) is 0 Å². The van der Waals surface area contributed by atoms with Crippen molar-refractivity contribution in [3.63, 3.8) is 0 Å². The van der Waals surface area contributed by atoms with Crippen LogP contribution in [0.1, 0.15) is 0 Å². The molecule has 4 heteroatoms. The van der Waals surface area contributed by atoms with E-state index in [1.165, 1.54) is 21.7 Å². The predicted molar refractivity (Wildman–Crippen MR) is 141 cm³/mol. The van der Waals surface area contributed by atoms with Gasteiger partial charge in [-0.2, -0.15) is 0 Å². The summed E-state index contributed by atoms with van der Waals surface area (Å²) in [6.45, 7) is 0. The summed E-state index contributed by atoms with van der Waals surface area (Å²) in [5.41, 5.74) is 8.21. The van der Waals surface area contributed by atoms with Gasteiger partial charge in [-0.25, -0.2) is 0 Å². The molecule has 3 nitrogen and oxygen atoms in total. The predicted octanol–water partition coefficient (Wildman–Crippen LogP) is 8.13. The topological polar surface area (TPSA) is 38.9 Å². The second-order valence-corrected chi connectivity index (χ2v) is 8.43. The molecule has 0 atom stereocenters. The quantitative estimate of drug-likeness (QED) is 0.171. The van der Waals surface area contributed by atoms with E-state index in [-0.39, 0.29) is 20.1 Å². The summed E-state index contributed by atoms with van der Waals surface area (Å²) in [4.78, 5) is 8.89. The van der Waals surface area contributed by atoms with Gasteiger partial charge in [0, 0.05) is 32.5 Å². The van der Waals surface area contributed by atoms with Crippen molar-refractivity contribution in [2.24, 2.45) is 0 Å². The molecule has 0 amide bonds. The Kier molecular flexibility index (Phi) is 5.69. The number of rotatable bonds is 1. The number of benzene rings is 4. The summed E-state index contributed by atoms with van der Waals surface area (Å²) >= 11 is 0. The van der Waals surface area contributed by atoms with Gasteiger partial charge in [0.05, 0.1) is 5.58 Å². The van der Waals surface area contributed by atoms with Gasteiger partial charge in [-0.1, -0.05) is 53.9 Å². The number of hydrogen-bond donors (Lipinski definition) is 0. The molecule has 0 bridgehead atoms. The van der Waals surface area contributed by atoms with Gasteiger partial charge in [0.1, 0.15) is 5.58 Å². The first-order valence-corrected chi connectivity index (χ1v) is 11.5. The van der Waals surface area contributed by atoms with Crippen LogP contribution in [0.15, 0.2) is 114 Å². The molecule has 3 heterocycles. The van der Waals surface area contributed by atoms with Crippen LogP contribution in [0.4, 0.5) is 0 Å². The van der Waals surface area contributed by atoms with Crippen molar-refractivity contribution in [3.8, 4) is 33.6 Å². The van der Waals surface area contributed by atoms with Crippen molar-refractivity contribution < 1.29 is 24.5 Å². The van der Waals surface area contributed by atoms with Crippen molar-refractivity contribution in [1.29, 1.82) is 0 Å². The number of nitrogens with zero attached hydrogens (tertiary/aromatic N) is 2. The minimum Gasteiger partial charge on any atom is -0.476 e. The molecule has 8 rings (SSSR count). The van der Waals surface area contributed by atoms with Crippen LogP contribution < -0.4 is 0 Å². The molecule has 0 unspecified atom stereocenters. The second-order valence-electron chi connectivity index (χ2n) is 8.43. The summed E-state index contributed by atoms with van der Waals surface area (Å²) in [5.74, 6) is 0.